The summed E-state index contributed by atoms with van der Waals surface area (Å²) in [5.41, 5.74) is 1.55. The molecule has 0 bridgehead atoms. The molecule has 0 radical (unpaired) electrons. The molecule has 0 fully saturated rings. The molecule has 0 saturated carbocycles. The van der Waals surface area contributed by atoms with Gasteiger partial charge in [0.2, 0.25) is 0 Å². The highest BCUT2D eigenvalue weighted by molar-refractivity contribution is 7.90. The zero-order valence-electron chi connectivity index (χ0n) is 13.1. The first-order valence-electron chi connectivity index (χ1n) is 7.20. The van der Waals surface area contributed by atoms with E-state index in [0.717, 1.165) is 18.2 Å². The summed E-state index contributed by atoms with van der Waals surface area (Å²) in [6.45, 7) is 1.90. The molecule has 0 aromatic heterocycles. The van der Waals surface area contributed by atoms with E-state index in [1.54, 1.807) is 18.2 Å². The Labute approximate surface area is 136 Å². The number of hydrogen-bond acceptors (Lipinski definition) is 4. The van der Waals surface area contributed by atoms with Crippen molar-refractivity contribution in [3.63, 3.8) is 0 Å². The van der Waals surface area contributed by atoms with Gasteiger partial charge in [-0.2, -0.15) is 0 Å². The van der Waals surface area contributed by atoms with E-state index in [9.17, 15) is 13.2 Å². The van der Waals surface area contributed by atoms with Crippen molar-refractivity contribution in [3.8, 4) is 5.75 Å². The lowest BCUT2D eigenvalue weighted by atomic mass is 10.2. The van der Waals surface area contributed by atoms with Crippen molar-refractivity contribution >= 4 is 21.4 Å². The van der Waals surface area contributed by atoms with Gasteiger partial charge in [0, 0.05) is 11.9 Å². The molecule has 0 aliphatic carbocycles. The highest BCUT2D eigenvalue weighted by atomic mass is 32.2. The van der Waals surface area contributed by atoms with E-state index in [-0.39, 0.29) is 17.4 Å². The number of nitrogens with one attached hydrogen (secondary N) is 1. The van der Waals surface area contributed by atoms with E-state index < -0.39 is 9.84 Å². The van der Waals surface area contributed by atoms with Crippen LogP contribution in [0.2, 0.25) is 0 Å². The summed E-state index contributed by atoms with van der Waals surface area (Å²) < 4.78 is 28.5. The minimum absolute atomic E-state index is 0.143. The predicted molar refractivity (Wildman–Crippen MR) is 89.5 cm³/mol. The second-order valence-corrected chi connectivity index (χ2v) is 7.15. The van der Waals surface area contributed by atoms with Gasteiger partial charge in [-0.25, -0.2) is 8.42 Å². The summed E-state index contributed by atoms with van der Waals surface area (Å²) in [6.07, 6.45) is 2.01. The molecule has 1 N–H and O–H groups in total. The molecule has 0 saturated heterocycles. The smallest absolute Gasteiger partial charge is 0.262 e. The number of ether oxygens (including phenoxy) is 1. The fraction of sp³-hybridized carbons (Fsp3) is 0.235. The molecule has 0 heterocycles. The Morgan fingerprint density at radius 3 is 2.57 bits per heavy atom. The summed E-state index contributed by atoms with van der Waals surface area (Å²) in [7, 11) is -3.31. The van der Waals surface area contributed by atoms with Gasteiger partial charge in [-0.15, -0.1) is 0 Å². The van der Waals surface area contributed by atoms with E-state index in [4.69, 9.17) is 4.74 Å². The van der Waals surface area contributed by atoms with Crippen LogP contribution in [-0.4, -0.2) is 27.2 Å². The molecule has 2 aromatic carbocycles. The van der Waals surface area contributed by atoms with Crippen molar-refractivity contribution in [2.75, 3.05) is 18.2 Å². The van der Waals surface area contributed by atoms with E-state index in [1.807, 2.05) is 25.1 Å². The number of benzene rings is 2. The van der Waals surface area contributed by atoms with E-state index in [1.165, 1.54) is 12.1 Å². The summed E-state index contributed by atoms with van der Waals surface area (Å²) in [4.78, 5) is 12.1. The van der Waals surface area contributed by atoms with Gasteiger partial charge >= 0.3 is 0 Å². The van der Waals surface area contributed by atoms with Crippen LogP contribution in [0.15, 0.2) is 53.4 Å². The standard InChI is InChI=1S/C17H19NO4S/c1-3-13-6-4-8-15(10-13)22-12-17(19)18-14-7-5-9-16(11-14)23(2,20)21/h4-11H,3,12H2,1-2H3,(H,18,19). The number of rotatable bonds is 6. The lowest BCUT2D eigenvalue weighted by molar-refractivity contribution is -0.118. The van der Waals surface area contributed by atoms with Crippen LogP contribution in [0.1, 0.15) is 12.5 Å². The molecule has 6 heteroatoms. The second-order valence-electron chi connectivity index (χ2n) is 5.14. The van der Waals surface area contributed by atoms with Crippen molar-refractivity contribution in [2.24, 2.45) is 0 Å². The molecule has 2 aromatic rings. The van der Waals surface area contributed by atoms with Gasteiger partial charge in [-0.3, -0.25) is 4.79 Å². The number of anilines is 1. The first kappa shape index (κ1) is 17.0. The van der Waals surface area contributed by atoms with Gasteiger partial charge in [0.25, 0.3) is 5.91 Å². The van der Waals surface area contributed by atoms with Gasteiger partial charge in [0.1, 0.15) is 5.75 Å². The van der Waals surface area contributed by atoms with Crippen LogP contribution in [0.4, 0.5) is 5.69 Å². The SMILES string of the molecule is CCc1cccc(OCC(=O)Nc2cccc(S(C)(=O)=O)c2)c1. The Morgan fingerprint density at radius 2 is 1.87 bits per heavy atom. The fourth-order valence-electron chi connectivity index (χ4n) is 2.01. The Bertz CT molecular complexity index is 800. The number of sulfone groups is 1. The maximum Gasteiger partial charge on any atom is 0.262 e. The molecule has 0 atom stereocenters. The average molecular weight is 333 g/mol. The number of amides is 1. The number of hydrogen-bond donors (Lipinski definition) is 1. The monoisotopic (exact) mass is 333 g/mol. The molecule has 2 rings (SSSR count). The van der Waals surface area contributed by atoms with Gasteiger partial charge < -0.3 is 10.1 Å². The summed E-state index contributed by atoms with van der Waals surface area (Å²) in [5.74, 6) is 0.280. The molecule has 0 spiro atoms. The molecule has 0 aliphatic heterocycles. The van der Waals surface area contributed by atoms with Crippen molar-refractivity contribution in [1.29, 1.82) is 0 Å². The lowest BCUT2D eigenvalue weighted by Gasteiger charge is -2.09. The maximum absolute atomic E-state index is 11.9. The molecule has 0 unspecified atom stereocenters. The predicted octanol–water partition coefficient (Wildman–Crippen LogP) is 2.67. The Balaban J connectivity index is 1.97. The maximum atomic E-state index is 11.9. The molecule has 5 nitrogen and oxygen atoms in total. The number of aryl methyl sites for hydroxylation is 1. The van der Waals surface area contributed by atoms with E-state index >= 15 is 0 Å². The van der Waals surface area contributed by atoms with Gasteiger partial charge in [-0.1, -0.05) is 25.1 Å². The van der Waals surface area contributed by atoms with Crippen LogP contribution < -0.4 is 10.1 Å². The van der Waals surface area contributed by atoms with Crippen LogP contribution in [0.3, 0.4) is 0 Å². The Kier molecular flexibility index (Phi) is 5.39. The highest BCUT2D eigenvalue weighted by Crippen LogP contribution is 2.16. The van der Waals surface area contributed by atoms with Gasteiger partial charge in [0.15, 0.2) is 16.4 Å². The van der Waals surface area contributed by atoms with Gasteiger partial charge in [-0.05, 0) is 42.3 Å². The van der Waals surface area contributed by atoms with Crippen LogP contribution in [0.25, 0.3) is 0 Å². The number of carbonyl (C=O) groups is 1. The first-order chi connectivity index (χ1) is 10.9. The first-order valence-corrected chi connectivity index (χ1v) is 9.09. The highest BCUT2D eigenvalue weighted by Gasteiger charge is 2.09. The quantitative estimate of drug-likeness (QED) is 0.882. The van der Waals surface area contributed by atoms with Crippen LogP contribution in [0, 0.1) is 0 Å². The molecule has 23 heavy (non-hydrogen) atoms. The topological polar surface area (TPSA) is 72.5 Å². The third-order valence-electron chi connectivity index (χ3n) is 3.22. The zero-order chi connectivity index (χ0) is 16.9. The van der Waals surface area contributed by atoms with Crippen LogP contribution in [-0.2, 0) is 21.1 Å². The van der Waals surface area contributed by atoms with Crippen molar-refractivity contribution in [2.45, 2.75) is 18.2 Å². The van der Waals surface area contributed by atoms with Crippen LogP contribution >= 0.6 is 0 Å². The van der Waals surface area contributed by atoms with Crippen LogP contribution in [0.5, 0.6) is 5.75 Å². The van der Waals surface area contributed by atoms with Gasteiger partial charge in [0.05, 0.1) is 4.90 Å². The normalized spacial score (nSPS) is 11.0. The Morgan fingerprint density at radius 1 is 1.13 bits per heavy atom. The minimum Gasteiger partial charge on any atom is -0.484 e. The summed E-state index contributed by atoms with van der Waals surface area (Å²) >= 11 is 0. The average Bonchev–Trinajstić information content (AvgIpc) is 2.52. The number of carbonyl (C=O) groups excluding carboxylic acids is 1. The second kappa shape index (κ2) is 7.28. The molecule has 122 valence electrons. The van der Waals surface area contributed by atoms with Crippen molar-refractivity contribution < 1.29 is 17.9 Å². The lowest BCUT2D eigenvalue weighted by Crippen LogP contribution is -2.20. The van der Waals surface area contributed by atoms with Crippen molar-refractivity contribution in [1.82, 2.24) is 0 Å². The fourth-order valence-corrected chi connectivity index (χ4v) is 2.67. The van der Waals surface area contributed by atoms with E-state index in [0.29, 0.717) is 11.4 Å². The van der Waals surface area contributed by atoms with Crippen molar-refractivity contribution in [3.05, 3.63) is 54.1 Å². The minimum atomic E-state index is -3.31. The molecule has 1 amide bonds. The third kappa shape index (κ3) is 5.10. The molecular weight excluding hydrogens is 314 g/mol. The largest absolute Gasteiger partial charge is 0.484 e. The molecule has 0 aliphatic rings. The molecular formula is C17H19NO4S. The Hall–Kier alpha value is -2.34. The van der Waals surface area contributed by atoms with E-state index in [2.05, 4.69) is 5.32 Å². The zero-order valence-corrected chi connectivity index (χ0v) is 13.9. The third-order valence-corrected chi connectivity index (χ3v) is 4.33. The summed E-state index contributed by atoms with van der Waals surface area (Å²) in [5, 5.41) is 2.62. The summed E-state index contributed by atoms with van der Waals surface area (Å²) in [6, 6.07) is 13.7.